The first-order chi connectivity index (χ1) is 11.5. The summed E-state index contributed by atoms with van der Waals surface area (Å²) in [5, 5.41) is 2.90. The lowest BCUT2D eigenvalue weighted by atomic mass is 9.31. The van der Waals surface area contributed by atoms with Crippen LogP contribution >= 0.6 is 0 Å². The normalized spacial score (nSPS) is 37.7. The van der Waals surface area contributed by atoms with Gasteiger partial charge in [0, 0.05) is 18.3 Å². The van der Waals surface area contributed by atoms with Crippen LogP contribution in [-0.2, 0) is 24.5 Å². The zero-order chi connectivity index (χ0) is 16.7. The van der Waals surface area contributed by atoms with Crippen molar-refractivity contribution in [3.05, 3.63) is 23.8 Å². The molecule has 2 saturated carbocycles. The minimum atomic E-state index is -0.946. The smallest absolute Gasteiger partial charge is 0.310 e. The molecule has 3 fully saturated rings. The number of esters is 1. The van der Waals surface area contributed by atoms with E-state index < -0.39 is 22.7 Å². The zero-order valence-corrected chi connectivity index (χ0v) is 13.0. The second-order valence-electron chi connectivity index (χ2n) is 6.90. The summed E-state index contributed by atoms with van der Waals surface area (Å²) in [5.74, 6) is -0.0916. The van der Waals surface area contributed by atoms with Crippen molar-refractivity contribution in [2.75, 3.05) is 13.9 Å². The molecule has 1 aromatic carbocycles. The van der Waals surface area contributed by atoms with Crippen LogP contribution in [-0.4, -0.2) is 37.6 Å². The number of ketones is 1. The first-order valence-corrected chi connectivity index (χ1v) is 7.84. The van der Waals surface area contributed by atoms with Gasteiger partial charge in [0.1, 0.15) is 5.78 Å². The van der Waals surface area contributed by atoms with Crippen molar-refractivity contribution in [3.63, 3.8) is 0 Å². The zero-order valence-electron chi connectivity index (χ0n) is 13.0. The SMILES string of the molecule is COC(=O)[C@H]1[C@@]23CC(=O)C[C@@]1(c1ccc4c(c1)OCO4)[C@H]2NC3=O. The molecule has 0 unspecified atom stereocenters. The van der Waals surface area contributed by atoms with Gasteiger partial charge in [0.25, 0.3) is 0 Å². The van der Waals surface area contributed by atoms with E-state index in [1.165, 1.54) is 7.11 Å². The van der Waals surface area contributed by atoms with Crippen molar-refractivity contribution in [1.29, 1.82) is 0 Å². The van der Waals surface area contributed by atoms with Gasteiger partial charge in [-0.3, -0.25) is 14.4 Å². The molecule has 0 radical (unpaired) electrons. The molecule has 2 heterocycles. The first kappa shape index (κ1) is 13.8. The number of ether oxygens (including phenoxy) is 3. The average Bonchev–Trinajstić information content (AvgIpc) is 3.05. The Hall–Kier alpha value is -2.57. The highest BCUT2D eigenvalue weighted by Crippen LogP contribution is 2.71. The highest BCUT2D eigenvalue weighted by Gasteiger charge is 2.85. The van der Waals surface area contributed by atoms with Crippen LogP contribution in [0.4, 0.5) is 0 Å². The van der Waals surface area contributed by atoms with Crippen LogP contribution in [0.2, 0.25) is 0 Å². The second kappa shape index (κ2) is 4.09. The number of amides is 1. The average molecular weight is 329 g/mol. The molecule has 5 rings (SSSR count). The van der Waals surface area contributed by atoms with Crippen LogP contribution < -0.4 is 14.8 Å². The van der Waals surface area contributed by atoms with Crippen molar-refractivity contribution in [2.24, 2.45) is 11.3 Å². The number of benzene rings is 1. The topological polar surface area (TPSA) is 90.9 Å². The number of methoxy groups -OCH3 is 1. The number of β-lactam (4-membered cyclic amide) rings is 1. The molecule has 2 aliphatic heterocycles. The fourth-order valence-corrected chi connectivity index (χ4v) is 5.23. The highest BCUT2D eigenvalue weighted by molar-refractivity contribution is 6.07. The Labute approximate surface area is 137 Å². The minimum absolute atomic E-state index is 0.00100. The molecule has 1 aromatic rings. The van der Waals surface area contributed by atoms with Gasteiger partial charge >= 0.3 is 5.97 Å². The van der Waals surface area contributed by atoms with Gasteiger partial charge in [0.2, 0.25) is 12.7 Å². The molecule has 7 nitrogen and oxygen atoms in total. The Morgan fingerprint density at radius 3 is 2.71 bits per heavy atom. The molecule has 24 heavy (non-hydrogen) atoms. The largest absolute Gasteiger partial charge is 0.469 e. The van der Waals surface area contributed by atoms with Crippen molar-refractivity contribution in [2.45, 2.75) is 24.3 Å². The van der Waals surface area contributed by atoms with E-state index in [-0.39, 0.29) is 37.4 Å². The maximum atomic E-state index is 12.5. The van der Waals surface area contributed by atoms with Gasteiger partial charge in [0.15, 0.2) is 11.5 Å². The summed E-state index contributed by atoms with van der Waals surface area (Å²) in [6.07, 6.45) is 0.314. The number of piperidine rings is 1. The molecule has 4 aliphatic rings. The molecule has 2 aliphatic carbocycles. The number of carbonyl (C=O) groups excluding carboxylic acids is 3. The van der Waals surface area contributed by atoms with Crippen LogP contribution in [0.25, 0.3) is 0 Å². The molecule has 4 atom stereocenters. The van der Waals surface area contributed by atoms with Gasteiger partial charge in [-0.1, -0.05) is 6.07 Å². The van der Waals surface area contributed by atoms with E-state index in [2.05, 4.69) is 5.32 Å². The van der Waals surface area contributed by atoms with Gasteiger partial charge in [-0.05, 0) is 17.7 Å². The number of hydrogen-bond acceptors (Lipinski definition) is 6. The van der Waals surface area contributed by atoms with E-state index in [0.29, 0.717) is 11.5 Å². The van der Waals surface area contributed by atoms with Crippen LogP contribution in [0.3, 0.4) is 0 Å². The van der Waals surface area contributed by atoms with Crippen LogP contribution in [0.5, 0.6) is 11.5 Å². The van der Waals surface area contributed by atoms with Crippen LogP contribution in [0, 0.1) is 11.3 Å². The summed E-state index contributed by atoms with van der Waals surface area (Å²) in [6.45, 7) is 0.148. The maximum absolute atomic E-state index is 12.5. The fourth-order valence-electron chi connectivity index (χ4n) is 5.23. The molecular weight excluding hydrogens is 314 g/mol. The highest BCUT2D eigenvalue weighted by atomic mass is 16.7. The summed E-state index contributed by atoms with van der Waals surface area (Å²) in [5.41, 5.74) is -0.910. The molecule has 1 saturated heterocycles. The number of hydrogen-bond donors (Lipinski definition) is 1. The Balaban J connectivity index is 1.68. The van der Waals surface area contributed by atoms with Gasteiger partial charge in [-0.25, -0.2) is 0 Å². The van der Waals surface area contributed by atoms with Crippen LogP contribution in [0.15, 0.2) is 18.2 Å². The molecule has 2 bridgehead atoms. The Morgan fingerprint density at radius 2 is 1.96 bits per heavy atom. The number of Topliss-reactive ketones (excluding diaryl/α,β-unsaturated/α-hetero) is 1. The molecule has 0 aromatic heterocycles. The summed E-state index contributed by atoms with van der Waals surface area (Å²) in [7, 11) is 1.31. The van der Waals surface area contributed by atoms with E-state index in [1.54, 1.807) is 6.07 Å². The number of fused-ring (bicyclic) bond motifs is 3. The van der Waals surface area contributed by atoms with E-state index in [4.69, 9.17) is 14.2 Å². The summed E-state index contributed by atoms with van der Waals surface area (Å²) < 4.78 is 15.7. The van der Waals surface area contributed by atoms with Gasteiger partial charge < -0.3 is 19.5 Å². The Morgan fingerprint density at radius 1 is 1.21 bits per heavy atom. The van der Waals surface area contributed by atoms with Gasteiger partial charge in [-0.2, -0.15) is 0 Å². The Kier molecular flexibility index (Phi) is 2.36. The summed E-state index contributed by atoms with van der Waals surface area (Å²) >= 11 is 0. The van der Waals surface area contributed by atoms with E-state index in [9.17, 15) is 14.4 Å². The fraction of sp³-hybridized carbons (Fsp3) is 0.471. The number of nitrogens with one attached hydrogen (secondary N) is 1. The lowest BCUT2D eigenvalue weighted by Gasteiger charge is -2.74. The molecule has 124 valence electrons. The van der Waals surface area contributed by atoms with E-state index in [1.807, 2.05) is 12.1 Å². The number of rotatable bonds is 2. The molecule has 1 spiro atoms. The van der Waals surface area contributed by atoms with Crippen molar-refractivity contribution >= 4 is 17.7 Å². The first-order valence-electron chi connectivity index (χ1n) is 7.84. The predicted molar refractivity (Wildman–Crippen MR) is 78.4 cm³/mol. The third-order valence-corrected chi connectivity index (χ3v) is 6.08. The van der Waals surface area contributed by atoms with Crippen molar-refractivity contribution in [3.8, 4) is 11.5 Å². The quantitative estimate of drug-likeness (QED) is 0.620. The maximum Gasteiger partial charge on any atom is 0.310 e. The molecular formula is C17H15NO6. The van der Waals surface area contributed by atoms with Gasteiger partial charge in [0.05, 0.1) is 24.5 Å². The lowest BCUT2D eigenvalue weighted by molar-refractivity contribution is -0.222. The standard InChI is InChI=1S/C17H15NO6/c1-22-13(20)12-16(8-2-3-10-11(4-8)24-7-23-10)5-9(19)6-17(12)14(16)18-15(17)21/h2-4,12,14H,5-7H2,1H3,(H,18,21)/t12-,14-,16+,17+/m1/s1. The monoisotopic (exact) mass is 329 g/mol. The second-order valence-corrected chi connectivity index (χ2v) is 6.90. The minimum Gasteiger partial charge on any atom is -0.469 e. The van der Waals surface area contributed by atoms with E-state index in [0.717, 1.165) is 5.56 Å². The number of carbonyl (C=O) groups is 3. The Bertz CT molecular complexity index is 819. The van der Waals surface area contributed by atoms with Gasteiger partial charge in [-0.15, -0.1) is 0 Å². The third kappa shape index (κ3) is 1.26. The van der Waals surface area contributed by atoms with E-state index >= 15 is 0 Å². The molecule has 7 heteroatoms. The van der Waals surface area contributed by atoms with Crippen molar-refractivity contribution < 1.29 is 28.6 Å². The third-order valence-electron chi connectivity index (χ3n) is 6.08. The van der Waals surface area contributed by atoms with Crippen LogP contribution in [0.1, 0.15) is 18.4 Å². The molecule has 1 N–H and O–H groups in total. The van der Waals surface area contributed by atoms with Crippen molar-refractivity contribution in [1.82, 2.24) is 5.32 Å². The molecule has 1 amide bonds. The summed E-state index contributed by atoms with van der Waals surface area (Å²) in [4.78, 5) is 37.0. The predicted octanol–water partition coefficient (Wildman–Crippen LogP) is 0.304. The summed E-state index contributed by atoms with van der Waals surface area (Å²) in [6, 6.07) is 5.21. The lowest BCUT2D eigenvalue weighted by Crippen LogP contribution is -2.91.